The molecule has 22 heavy (non-hydrogen) atoms. The molecule has 118 valence electrons. The second-order valence-corrected chi connectivity index (χ2v) is 5.47. The topological polar surface area (TPSA) is 55.3 Å². The number of aromatic nitrogens is 1. The third-order valence-corrected chi connectivity index (χ3v) is 3.40. The molecule has 2 aromatic rings. The van der Waals surface area contributed by atoms with E-state index in [2.05, 4.69) is 10.6 Å². The van der Waals surface area contributed by atoms with Crippen molar-refractivity contribution in [1.29, 1.82) is 0 Å². The second kappa shape index (κ2) is 7.54. The summed E-state index contributed by atoms with van der Waals surface area (Å²) in [6.45, 7) is 2.51. The van der Waals surface area contributed by atoms with Crippen molar-refractivity contribution >= 4 is 6.03 Å². The van der Waals surface area contributed by atoms with Gasteiger partial charge in [-0.05, 0) is 42.7 Å². The lowest BCUT2D eigenvalue weighted by Gasteiger charge is -2.15. The van der Waals surface area contributed by atoms with Gasteiger partial charge < -0.3 is 19.9 Å². The van der Waals surface area contributed by atoms with Gasteiger partial charge in [0.2, 0.25) is 0 Å². The number of ether oxygens (including phenoxy) is 1. The highest BCUT2D eigenvalue weighted by atomic mass is 16.5. The molecule has 0 aliphatic rings. The molecule has 0 radical (unpaired) electrons. The molecule has 0 aliphatic heterocycles. The number of hydrogen-bond donors (Lipinski definition) is 2. The highest BCUT2D eigenvalue weighted by Crippen LogP contribution is 2.13. The van der Waals surface area contributed by atoms with Crippen molar-refractivity contribution in [2.24, 2.45) is 7.05 Å². The summed E-state index contributed by atoms with van der Waals surface area (Å²) in [4.78, 5) is 11.9. The van der Waals surface area contributed by atoms with E-state index in [1.165, 1.54) is 0 Å². The number of carbonyl (C=O) groups excluding carboxylic acids is 1. The molecule has 0 saturated carbocycles. The monoisotopic (exact) mass is 301 g/mol. The largest absolute Gasteiger partial charge is 0.497 e. The van der Waals surface area contributed by atoms with Gasteiger partial charge in [-0.3, -0.25) is 0 Å². The van der Waals surface area contributed by atoms with Gasteiger partial charge in [-0.25, -0.2) is 4.79 Å². The Hall–Kier alpha value is -2.43. The van der Waals surface area contributed by atoms with Crippen LogP contribution in [-0.4, -0.2) is 23.7 Å². The molecular weight excluding hydrogens is 278 g/mol. The minimum atomic E-state index is -0.153. The van der Waals surface area contributed by atoms with Gasteiger partial charge in [-0.15, -0.1) is 0 Å². The Kier molecular flexibility index (Phi) is 5.47. The molecule has 2 N–H and O–H groups in total. The standard InChI is InChI=1S/C17H23N3O2/c1-13(9-14-5-4-6-16(10-14)22-3)19-17(21)18-11-15-7-8-20(2)12-15/h4-8,10,12-13H,9,11H2,1-3H3,(H2,18,19,21)/t13-/m0/s1. The summed E-state index contributed by atoms with van der Waals surface area (Å²) >= 11 is 0. The molecule has 1 heterocycles. The predicted octanol–water partition coefficient (Wildman–Crippen LogP) is 2.46. The zero-order valence-electron chi connectivity index (χ0n) is 13.3. The lowest BCUT2D eigenvalue weighted by Crippen LogP contribution is -2.41. The third-order valence-electron chi connectivity index (χ3n) is 3.40. The number of methoxy groups -OCH3 is 1. The van der Waals surface area contributed by atoms with Gasteiger partial charge in [0.25, 0.3) is 0 Å². The molecule has 1 aromatic heterocycles. The number of rotatable bonds is 6. The van der Waals surface area contributed by atoms with E-state index in [9.17, 15) is 4.79 Å². The van der Waals surface area contributed by atoms with Crippen molar-refractivity contribution in [1.82, 2.24) is 15.2 Å². The molecular formula is C17H23N3O2. The summed E-state index contributed by atoms with van der Waals surface area (Å²) in [5, 5.41) is 5.81. The fourth-order valence-corrected chi connectivity index (χ4v) is 2.33. The van der Waals surface area contributed by atoms with Gasteiger partial charge in [0.15, 0.2) is 0 Å². The summed E-state index contributed by atoms with van der Waals surface area (Å²) in [5.41, 5.74) is 2.22. The smallest absolute Gasteiger partial charge is 0.315 e. The van der Waals surface area contributed by atoms with Crippen LogP contribution in [0.2, 0.25) is 0 Å². The van der Waals surface area contributed by atoms with Gasteiger partial charge >= 0.3 is 6.03 Å². The Morgan fingerprint density at radius 2 is 2.14 bits per heavy atom. The fraction of sp³-hybridized carbons (Fsp3) is 0.353. The summed E-state index contributed by atoms with van der Waals surface area (Å²) in [7, 11) is 3.61. The van der Waals surface area contributed by atoms with E-state index < -0.39 is 0 Å². The van der Waals surface area contributed by atoms with Crippen LogP contribution in [0.3, 0.4) is 0 Å². The van der Waals surface area contributed by atoms with Gasteiger partial charge in [0.05, 0.1) is 7.11 Å². The Bertz CT molecular complexity index is 622. The van der Waals surface area contributed by atoms with Crippen molar-refractivity contribution in [3.8, 4) is 5.75 Å². The number of amides is 2. The van der Waals surface area contributed by atoms with Crippen LogP contribution in [0.15, 0.2) is 42.7 Å². The predicted molar refractivity (Wildman–Crippen MR) is 86.9 cm³/mol. The van der Waals surface area contributed by atoms with Crippen LogP contribution in [0.1, 0.15) is 18.1 Å². The maximum atomic E-state index is 11.9. The normalized spacial score (nSPS) is 11.8. The van der Waals surface area contributed by atoms with Crippen LogP contribution in [0.4, 0.5) is 4.79 Å². The number of aryl methyl sites for hydroxylation is 1. The maximum absolute atomic E-state index is 11.9. The molecule has 5 heteroatoms. The highest BCUT2D eigenvalue weighted by molar-refractivity contribution is 5.74. The van der Waals surface area contributed by atoms with Crippen molar-refractivity contribution in [2.45, 2.75) is 25.9 Å². The first kappa shape index (κ1) is 15.9. The minimum Gasteiger partial charge on any atom is -0.497 e. The Morgan fingerprint density at radius 3 is 2.82 bits per heavy atom. The van der Waals surface area contributed by atoms with E-state index in [-0.39, 0.29) is 12.1 Å². The lowest BCUT2D eigenvalue weighted by atomic mass is 10.1. The molecule has 0 unspecified atom stereocenters. The molecule has 2 amide bonds. The van der Waals surface area contributed by atoms with E-state index in [0.717, 1.165) is 23.3 Å². The highest BCUT2D eigenvalue weighted by Gasteiger charge is 2.08. The van der Waals surface area contributed by atoms with E-state index in [1.54, 1.807) is 7.11 Å². The van der Waals surface area contributed by atoms with E-state index in [0.29, 0.717) is 6.54 Å². The summed E-state index contributed by atoms with van der Waals surface area (Å²) in [5.74, 6) is 0.832. The molecule has 2 rings (SSSR count). The average molecular weight is 301 g/mol. The number of nitrogens with one attached hydrogen (secondary N) is 2. The van der Waals surface area contributed by atoms with Crippen LogP contribution >= 0.6 is 0 Å². The van der Waals surface area contributed by atoms with Crippen LogP contribution in [0.25, 0.3) is 0 Å². The van der Waals surface area contributed by atoms with E-state index in [1.807, 2.05) is 61.3 Å². The van der Waals surface area contributed by atoms with E-state index in [4.69, 9.17) is 4.74 Å². The fourth-order valence-electron chi connectivity index (χ4n) is 2.33. The van der Waals surface area contributed by atoms with Gasteiger partial charge in [0, 0.05) is 32.0 Å². The van der Waals surface area contributed by atoms with Crippen molar-refractivity contribution in [2.75, 3.05) is 7.11 Å². The molecule has 0 spiro atoms. The molecule has 5 nitrogen and oxygen atoms in total. The summed E-state index contributed by atoms with van der Waals surface area (Å²) in [6.07, 6.45) is 4.70. The number of nitrogens with zero attached hydrogens (tertiary/aromatic N) is 1. The zero-order chi connectivity index (χ0) is 15.9. The first-order valence-electron chi connectivity index (χ1n) is 7.35. The van der Waals surface area contributed by atoms with Crippen molar-refractivity contribution in [3.05, 3.63) is 53.9 Å². The molecule has 1 atom stereocenters. The first-order chi connectivity index (χ1) is 10.6. The Labute approximate surface area is 131 Å². The van der Waals surface area contributed by atoms with Crippen molar-refractivity contribution < 1.29 is 9.53 Å². The lowest BCUT2D eigenvalue weighted by molar-refractivity contribution is 0.237. The average Bonchev–Trinajstić information content (AvgIpc) is 2.91. The molecule has 0 fully saturated rings. The Balaban J connectivity index is 1.78. The van der Waals surface area contributed by atoms with Crippen LogP contribution < -0.4 is 15.4 Å². The number of benzene rings is 1. The number of urea groups is 1. The molecule has 0 saturated heterocycles. The SMILES string of the molecule is COc1cccc(C[C@H](C)NC(=O)NCc2ccn(C)c2)c1. The van der Waals surface area contributed by atoms with Gasteiger partial charge in [0.1, 0.15) is 5.75 Å². The first-order valence-corrected chi connectivity index (χ1v) is 7.35. The number of hydrogen-bond acceptors (Lipinski definition) is 2. The second-order valence-electron chi connectivity index (χ2n) is 5.47. The van der Waals surface area contributed by atoms with Crippen LogP contribution in [-0.2, 0) is 20.0 Å². The summed E-state index contributed by atoms with van der Waals surface area (Å²) in [6, 6.07) is 9.76. The van der Waals surface area contributed by atoms with Crippen LogP contribution in [0.5, 0.6) is 5.75 Å². The number of carbonyl (C=O) groups is 1. The zero-order valence-corrected chi connectivity index (χ0v) is 13.3. The van der Waals surface area contributed by atoms with E-state index >= 15 is 0 Å². The van der Waals surface area contributed by atoms with Gasteiger partial charge in [-0.1, -0.05) is 12.1 Å². The quantitative estimate of drug-likeness (QED) is 0.861. The Morgan fingerprint density at radius 1 is 1.32 bits per heavy atom. The minimum absolute atomic E-state index is 0.0443. The molecule has 1 aromatic carbocycles. The van der Waals surface area contributed by atoms with Crippen LogP contribution in [0, 0.1) is 0 Å². The maximum Gasteiger partial charge on any atom is 0.315 e. The third kappa shape index (κ3) is 4.84. The molecule has 0 aliphatic carbocycles. The molecule has 0 bridgehead atoms. The van der Waals surface area contributed by atoms with Crippen molar-refractivity contribution in [3.63, 3.8) is 0 Å². The van der Waals surface area contributed by atoms with Gasteiger partial charge in [-0.2, -0.15) is 0 Å². The summed E-state index contributed by atoms with van der Waals surface area (Å²) < 4.78 is 7.16.